The maximum atomic E-state index is 4.37. The number of aliphatic imine (C=N–C) groups is 1. The molecule has 0 saturated heterocycles. The van der Waals surface area contributed by atoms with Gasteiger partial charge in [0, 0.05) is 31.1 Å². The van der Waals surface area contributed by atoms with Crippen LogP contribution < -0.4 is 0 Å². The van der Waals surface area contributed by atoms with Gasteiger partial charge in [-0.15, -0.1) is 0 Å². The first-order valence-corrected chi connectivity index (χ1v) is 5.38. The molecule has 0 atom stereocenters. The van der Waals surface area contributed by atoms with Crippen molar-refractivity contribution in [2.24, 2.45) is 4.99 Å². The number of H-pyrrole nitrogens is 1. The van der Waals surface area contributed by atoms with Gasteiger partial charge in [-0.1, -0.05) is 29.8 Å². The fraction of sp³-hybridized carbons (Fsp3) is 0.231. The summed E-state index contributed by atoms with van der Waals surface area (Å²) in [4.78, 5) is 11.4. The van der Waals surface area contributed by atoms with Gasteiger partial charge < -0.3 is 4.98 Å². The second kappa shape index (κ2) is 5.26. The monoisotopic (exact) mass is 213 g/mol. The van der Waals surface area contributed by atoms with E-state index in [2.05, 4.69) is 46.1 Å². The van der Waals surface area contributed by atoms with Gasteiger partial charge in [-0.3, -0.25) is 4.99 Å². The molecule has 0 aliphatic carbocycles. The number of imidazole rings is 1. The lowest BCUT2D eigenvalue weighted by Crippen LogP contribution is -1.90. The van der Waals surface area contributed by atoms with Gasteiger partial charge in [0.05, 0.1) is 6.33 Å². The summed E-state index contributed by atoms with van der Waals surface area (Å²) in [5.41, 5.74) is 3.55. The van der Waals surface area contributed by atoms with Gasteiger partial charge >= 0.3 is 0 Å². The molecule has 0 amide bonds. The predicted octanol–water partition coefficient (Wildman–Crippen LogP) is 2.38. The van der Waals surface area contributed by atoms with Crippen molar-refractivity contribution in [2.45, 2.75) is 13.3 Å². The maximum absolute atomic E-state index is 4.37. The molecule has 2 aromatic rings. The van der Waals surface area contributed by atoms with Crippen LogP contribution in [0.2, 0.25) is 0 Å². The largest absolute Gasteiger partial charge is 0.348 e. The minimum absolute atomic E-state index is 0.788. The van der Waals surface area contributed by atoms with E-state index in [0.717, 1.165) is 24.2 Å². The number of hydrogen-bond acceptors (Lipinski definition) is 2. The van der Waals surface area contributed by atoms with Gasteiger partial charge in [-0.25, -0.2) is 4.98 Å². The van der Waals surface area contributed by atoms with E-state index >= 15 is 0 Å². The second-order valence-electron chi connectivity index (χ2n) is 3.77. The van der Waals surface area contributed by atoms with Crippen LogP contribution >= 0.6 is 0 Å². The van der Waals surface area contributed by atoms with Gasteiger partial charge in [0.2, 0.25) is 0 Å². The molecule has 16 heavy (non-hydrogen) atoms. The lowest BCUT2D eigenvalue weighted by molar-refractivity contribution is 0.939. The molecule has 1 aromatic carbocycles. The maximum Gasteiger partial charge on any atom is 0.0921 e. The molecule has 3 nitrogen and oxygen atoms in total. The molecular formula is C13H15N3. The van der Waals surface area contributed by atoms with Crippen molar-refractivity contribution in [3.05, 3.63) is 53.6 Å². The van der Waals surface area contributed by atoms with Crippen LogP contribution in [-0.2, 0) is 6.42 Å². The highest BCUT2D eigenvalue weighted by atomic mass is 14.9. The summed E-state index contributed by atoms with van der Waals surface area (Å²) in [6.45, 7) is 2.87. The third-order valence-electron chi connectivity index (χ3n) is 2.38. The van der Waals surface area contributed by atoms with Crippen molar-refractivity contribution in [1.82, 2.24) is 9.97 Å². The lowest BCUT2D eigenvalue weighted by atomic mass is 10.2. The van der Waals surface area contributed by atoms with E-state index in [1.54, 1.807) is 6.33 Å². The molecule has 0 saturated carbocycles. The van der Waals surface area contributed by atoms with Crippen LogP contribution in [-0.4, -0.2) is 22.7 Å². The predicted molar refractivity (Wildman–Crippen MR) is 65.9 cm³/mol. The smallest absolute Gasteiger partial charge is 0.0921 e. The molecule has 0 aliphatic rings. The zero-order valence-electron chi connectivity index (χ0n) is 9.35. The highest BCUT2D eigenvalue weighted by Crippen LogP contribution is 2.00. The van der Waals surface area contributed by atoms with Crippen molar-refractivity contribution in [3.63, 3.8) is 0 Å². The van der Waals surface area contributed by atoms with E-state index in [9.17, 15) is 0 Å². The SMILES string of the molecule is Cc1ccc(C=NCCc2cnc[nH]2)cc1. The summed E-state index contributed by atoms with van der Waals surface area (Å²) in [7, 11) is 0. The van der Waals surface area contributed by atoms with E-state index in [-0.39, 0.29) is 0 Å². The molecule has 1 heterocycles. The summed E-state index contributed by atoms with van der Waals surface area (Å²) in [6, 6.07) is 8.34. The average Bonchev–Trinajstić information content (AvgIpc) is 2.80. The van der Waals surface area contributed by atoms with Crippen LogP contribution in [0.4, 0.5) is 0 Å². The fourth-order valence-electron chi connectivity index (χ4n) is 1.43. The average molecular weight is 213 g/mol. The highest BCUT2D eigenvalue weighted by molar-refractivity contribution is 5.79. The van der Waals surface area contributed by atoms with Crippen LogP contribution in [0.3, 0.4) is 0 Å². The number of aromatic nitrogens is 2. The van der Waals surface area contributed by atoms with E-state index in [0.29, 0.717) is 0 Å². The highest BCUT2D eigenvalue weighted by Gasteiger charge is 1.91. The van der Waals surface area contributed by atoms with E-state index in [1.165, 1.54) is 5.56 Å². The first-order chi connectivity index (χ1) is 7.84. The summed E-state index contributed by atoms with van der Waals surface area (Å²) in [5.74, 6) is 0. The minimum Gasteiger partial charge on any atom is -0.348 e. The van der Waals surface area contributed by atoms with E-state index in [4.69, 9.17) is 0 Å². The van der Waals surface area contributed by atoms with Gasteiger partial charge in [0.1, 0.15) is 0 Å². The number of nitrogens with one attached hydrogen (secondary N) is 1. The van der Waals surface area contributed by atoms with E-state index in [1.807, 2.05) is 12.4 Å². The Morgan fingerprint density at radius 3 is 2.81 bits per heavy atom. The van der Waals surface area contributed by atoms with Crippen molar-refractivity contribution < 1.29 is 0 Å². The van der Waals surface area contributed by atoms with Gasteiger partial charge in [0.15, 0.2) is 0 Å². The van der Waals surface area contributed by atoms with Gasteiger partial charge in [-0.2, -0.15) is 0 Å². The van der Waals surface area contributed by atoms with E-state index < -0.39 is 0 Å². The number of aryl methyl sites for hydroxylation is 1. The molecule has 0 fully saturated rings. The number of aromatic amines is 1. The number of benzene rings is 1. The molecule has 0 bridgehead atoms. The Morgan fingerprint density at radius 2 is 2.12 bits per heavy atom. The fourth-order valence-corrected chi connectivity index (χ4v) is 1.43. The quantitative estimate of drug-likeness (QED) is 0.778. The summed E-state index contributed by atoms with van der Waals surface area (Å²) in [5, 5.41) is 0. The Bertz CT molecular complexity index is 441. The second-order valence-corrected chi connectivity index (χ2v) is 3.77. The molecule has 0 radical (unpaired) electrons. The van der Waals surface area contributed by atoms with Crippen LogP contribution in [0, 0.1) is 6.92 Å². The molecule has 82 valence electrons. The van der Waals surface area contributed by atoms with Gasteiger partial charge in [-0.05, 0) is 12.5 Å². The number of hydrogen-bond donors (Lipinski definition) is 1. The van der Waals surface area contributed by atoms with Crippen LogP contribution in [0.15, 0.2) is 41.8 Å². The zero-order chi connectivity index (χ0) is 11.2. The van der Waals surface area contributed by atoms with Crippen LogP contribution in [0.5, 0.6) is 0 Å². The summed E-state index contributed by atoms with van der Waals surface area (Å²) >= 11 is 0. The Morgan fingerprint density at radius 1 is 1.31 bits per heavy atom. The summed E-state index contributed by atoms with van der Waals surface area (Å²) in [6.07, 6.45) is 6.35. The molecule has 0 spiro atoms. The standard InChI is InChI=1S/C13H15N3/c1-11-2-4-12(5-3-11)8-14-7-6-13-9-15-10-16-13/h2-5,8-10H,6-7H2,1H3,(H,15,16). The third kappa shape index (κ3) is 3.05. The first kappa shape index (κ1) is 10.6. The minimum atomic E-state index is 0.788. The Hall–Kier alpha value is -1.90. The number of nitrogens with zero attached hydrogens (tertiary/aromatic N) is 2. The molecule has 0 aliphatic heterocycles. The molecule has 1 aromatic heterocycles. The Kier molecular flexibility index (Phi) is 3.49. The first-order valence-electron chi connectivity index (χ1n) is 5.38. The van der Waals surface area contributed by atoms with Crippen molar-refractivity contribution >= 4 is 6.21 Å². The zero-order valence-corrected chi connectivity index (χ0v) is 9.35. The normalized spacial score (nSPS) is 11.1. The lowest BCUT2D eigenvalue weighted by Gasteiger charge is -1.95. The summed E-state index contributed by atoms with van der Waals surface area (Å²) < 4.78 is 0. The third-order valence-corrected chi connectivity index (χ3v) is 2.38. The van der Waals surface area contributed by atoms with Crippen LogP contribution in [0.1, 0.15) is 16.8 Å². The van der Waals surface area contributed by atoms with Crippen LogP contribution in [0.25, 0.3) is 0 Å². The van der Waals surface area contributed by atoms with Crippen molar-refractivity contribution in [2.75, 3.05) is 6.54 Å². The van der Waals surface area contributed by atoms with Crippen molar-refractivity contribution in [1.29, 1.82) is 0 Å². The molecule has 2 rings (SSSR count). The topological polar surface area (TPSA) is 41.0 Å². The molecule has 3 heteroatoms. The van der Waals surface area contributed by atoms with Gasteiger partial charge in [0.25, 0.3) is 0 Å². The number of rotatable bonds is 4. The Balaban J connectivity index is 1.83. The molecule has 1 N–H and O–H groups in total. The Labute approximate surface area is 95.3 Å². The van der Waals surface area contributed by atoms with Crippen molar-refractivity contribution in [3.8, 4) is 0 Å². The molecule has 0 unspecified atom stereocenters. The molecular weight excluding hydrogens is 198 g/mol.